The summed E-state index contributed by atoms with van der Waals surface area (Å²) in [6.07, 6.45) is 2.41. The number of methoxy groups -OCH3 is 1. The van der Waals surface area contributed by atoms with Gasteiger partial charge < -0.3 is 9.64 Å². The van der Waals surface area contributed by atoms with Crippen LogP contribution in [-0.2, 0) is 31.0 Å². The minimum Gasteiger partial charge on any atom is -0.496 e. The predicted octanol–water partition coefficient (Wildman–Crippen LogP) is 3.15. The molecule has 4 rings (SSSR count). The van der Waals surface area contributed by atoms with Crippen molar-refractivity contribution < 1.29 is 23.9 Å². The molecule has 2 fully saturated rings. The first-order chi connectivity index (χ1) is 16.9. The fourth-order valence-corrected chi connectivity index (χ4v) is 5.32. The lowest BCUT2D eigenvalue weighted by molar-refractivity contribution is -0.142. The normalized spacial score (nSPS) is 22.4. The van der Waals surface area contributed by atoms with Gasteiger partial charge in [-0.25, -0.2) is 0 Å². The summed E-state index contributed by atoms with van der Waals surface area (Å²) in [5.41, 5.74) is 0.364. The number of para-hydroxylation sites is 1. The van der Waals surface area contributed by atoms with E-state index in [2.05, 4.69) is 0 Å². The fraction of sp³-hybridized carbons (Fsp3) is 0.429. The Kier molecular flexibility index (Phi) is 7.34. The SMILES string of the molecule is COc1ccccc1[C@@]1(CC(=O)N2CCC[C@@H](C(=O)CCc3ccccc3)C2)CC(=O)N(C)C1=O. The van der Waals surface area contributed by atoms with Crippen molar-refractivity contribution in [2.45, 2.75) is 43.9 Å². The molecule has 0 aliphatic carbocycles. The molecule has 0 saturated carbocycles. The monoisotopic (exact) mass is 476 g/mol. The standard InChI is InChI=1S/C28H32N2O5/c1-29-25(32)17-28(27(29)34,22-12-6-7-13-24(22)35-2)18-26(33)30-16-8-11-21(19-30)23(31)15-14-20-9-4-3-5-10-20/h3-7,9-10,12-13,21H,8,11,14-19H2,1-2H3/t21-,28+/m1/s1. The van der Waals surface area contributed by atoms with Gasteiger partial charge in [0.25, 0.3) is 0 Å². The van der Waals surface area contributed by atoms with Gasteiger partial charge in [0.1, 0.15) is 11.5 Å². The van der Waals surface area contributed by atoms with Crippen LogP contribution in [0.4, 0.5) is 0 Å². The Morgan fingerprint density at radius 1 is 1.06 bits per heavy atom. The summed E-state index contributed by atoms with van der Waals surface area (Å²) < 4.78 is 5.49. The van der Waals surface area contributed by atoms with E-state index in [0.717, 1.165) is 23.3 Å². The van der Waals surface area contributed by atoms with E-state index in [0.29, 0.717) is 37.2 Å². The molecular weight excluding hydrogens is 444 g/mol. The van der Waals surface area contributed by atoms with Gasteiger partial charge in [-0.05, 0) is 30.9 Å². The Morgan fingerprint density at radius 3 is 2.46 bits per heavy atom. The van der Waals surface area contributed by atoms with Crippen molar-refractivity contribution in [1.82, 2.24) is 9.80 Å². The van der Waals surface area contributed by atoms with Gasteiger partial charge in [-0.3, -0.25) is 24.1 Å². The van der Waals surface area contributed by atoms with E-state index in [9.17, 15) is 19.2 Å². The Bertz CT molecular complexity index is 1120. The number of Topliss-reactive ketones (excluding diaryl/α,β-unsaturated/α-hetero) is 1. The van der Waals surface area contributed by atoms with Crippen molar-refractivity contribution in [2.75, 3.05) is 27.2 Å². The smallest absolute Gasteiger partial charge is 0.240 e. The lowest BCUT2D eigenvalue weighted by atomic mass is 9.75. The molecule has 7 heteroatoms. The molecule has 0 bridgehead atoms. The number of carbonyl (C=O) groups is 4. The summed E-state index contributed by atoms with van der Waals surface area (Å²) in [4.78, 5) is 55.2. The van der Waals surface area contributed by atoms with Crippen LogP contribution in [0.15, 0.2) is 54.6 Å². The van der Waals surface area contributed by atoms with Crippen molar-refractivity contribution in [3.63, 3.8) is 0 Å². The van der Waals surface area contributed by atoms with Gasteiger partial charge in [0.2, 0.25) is 17.7 Å². The Morgan fingerprint density at radius 2 is 1.77 bits per heavy atom. The van der Waals surface area contributed by atoms with Gasteiger partial charge in [0.05, 0.1) is 12.5 Å². The minimum absolute atomic E-state index is 0.0816. The van der Waals surface area contributed by atoms with Crippen LogP contribution < -0.4 is 4.74 Å². The Hall–Kier alpha value is -3.48. The molecule has 0 radical (unpaired) electrons. The van der Waals surface area contributed by atoms with Crippen molar-refractivity contribution >= 4 is 23.5 Å². The molecule has 2 saturated heterocycles. The van der Waals surface area contributed by atoms with Crippen molar-refractivity contribution in [3.8, 4) is 5.75 Å². The molecule has 2 atom stereocenters. The van der Waals surface area contributed by atoms with Crippen LogP contribution in [0.3, 0.4) is 0 Å². The topological polar surface area (TPSA) is 84.0 Å². The molecule has 0 N–H and O–H groups in total. The average Bonchev–Trinajstić information content (AvgIpc) is 3.11. The van der Waals surface area contributed by atoms with Gasteiger partial charge in [0, 0.05) is 50.9 Å². The fourth-order valence-electron chi connectivity index (χ4n) is 5.32. The zero-order chi connectivity index (χ0) is 25.0. The number of likely N-dealkylation sites (tertiary alicyclic amines) is 2. The number of hydrogen-bond donors (Lipinski definition) is 0. The molecule has 3 amide bonds. The predicted molar refractivity (Wildman–Crippen MR) is 131 cm³/mol. The number of hydrogen-bond acceptors (Lipinski definition) is 5. The summed E-state index contributed by atoms with van der Waals surface area (Å²) in [6, 6.07) is 17.0. The van der Waals surface area contributed by atoms with Crippen LogP contribution in [0.5, 0.6) is 5.75 Å². The molecule has 2 aliphatic rings. The van der Waals surface area contributed by atoms with Gasteiger partial charge in [0.15, 0.2) is 0 Å². The lowest BCUT2D eigenvalue weighted by Gasteiger charge is -2.35. The van der Waals surface area contributed by atoms with Crippen molar-refractivity contribution in [3.05, 3.63) is 65.7 Å². The number of nitrogens with zero attached hydrogens (tertiary/aromatic N) is 2. The molecule has 0 spiro atoms. The number of imide groups is 1. The molecule has 0 unspecified atom stereocenters. The molecule has 2 heterocycles. The molecule has 0 aromatic heterocycles. The summed E-state index contributed by atoms with van der Waals surface area (Å²) in [5.74, 6) is -0.494. The molecule has 2 aromatic carbocycles. The van der Waals surface area contributed by atoms with Gasteiger partial charge >= 0.3 is 0 Å². The summed E-state index contributed by atoms with van der Waals surface area (Å²) in [5, 5.41) is 0. The Labute approximate surface area is 206 Å². The highest BCUT2D eigenvalue weighted by molar-refractivity contribution is 6.10. The highest BCUT2D eigenvalue weighted by Crippen LogP contribution is 2.43. The molecule has 2 aliphatic heterocycles. The maximum absolute atomic E-state index is 13.5. The second kappa shape index (κ2) is 10.4. The van der Waals surface area contributed by atoms with Gasteiger partial charge in [-0.15, -0.1) is 0 Å². The van der Waals surface area contributed by atoms with E-state index < -0.39 is 11.3 Å². The first kappa shape index (κ1) is 24.6. The first-order valence-electron chi connectivity index (χ1n) is 12.1. The van der Waals surface area contributed by atoms with Crippen LogP contribution in [0.2, 0.25) is 0 Å². The number of amides is 3. The number of likely N-dealkylation sites (N-methyl/N-ethyl adjacent to an activating group) is 1. The van der Waals surface area contributed by atoms with Crippen LogP contribution in [0, 0.1) is 5.92 Å². The highest BCUT2D eigenvalue weighted by Gasteiger charge is 2.54. The number of rotatable bonds is 8. The van der Waals surface area contributed by atoms with E-state index >= 15 is 0 Å². The number of carbonyl (C=O) groups excluding carboxylic acids is 4. The van der Waals surface area contributed by atoms with Crippen molar-refractivity contribution in [1.29, 1.82) is 0 Å². The van der Waals surface area contributed by atoms with E-state index in [1.165, 1.54) is 14.2 Å². The van der Waals surface area contributed by atoms with Crippen LogP contribution in [0.25, 0.3) is 0 Å². The third-order valence-electron chi connectivity index (χ3n) is 7.35. The number of aryl methyl sites for hydroxylation is 1. The summed E-state index contributed by atoms with van der Waals surface area (Å²) in [7, 11) is 2.96. The number of ketones is 1. The minimum atomic E-state index is -1.31. The third-order valence-corrected chi connectivity index (χ3v) is 7.35. The lowest BCUT2D eigenvalue weighted by Crippen LogP contribution is -2.47. The third kappa shape index (κ3) is 4.99. The molecule has 7 nitrogen and oxygen atoms in total. The Balaban J connectivity index is 1.50. The second-order valence-electron chi connectivity index (χ2n) is 9.52. The zero-order valence-corrected chi connectivity index (χ0v) is 20.4. The van der Waals surface area contributed by atoms with E-state index in [1.54, 1.807) is 29.2 Å². The van der Waals surface area contributed by atoms with E-state index in [-0.39, 0.29) is 36.4 Å². The van der Waals surface area contributed by atoms with E-state index in [1.807, 2.05) is 30.3 Å². The zero-order valence-electron chi connectivity index (χ0n) is 20.4. The van der Waals surface area contributed by atoms with Crippen LogP contribution in [0.1, 0.15) is 43.2 Å². The molecule has 35 heavy (non-hydrogen) atoms. The second-order valence-corrected chi connectivity index (χ2v) is 9.52. The van der Waals surface area contributed by atoms with Crippen LogP contribution in [-0.4, -0.2) is 60.6 Å². The summed E-state index contributed by atoms with van der Waals surface area (Å²) >= 11 is 0. The molecular formula is C28H32N2O5. The van der Waals surface area contributed by atoms with Gasteiger partial charge in [-0.2, -0.15) is 0 Å². The summed E-state index contributed by atoms with van der Waals surface area (Å²) in [6.45, 7) is 0.897. The first-order valence-corrected chi connectivity index (χ1v) is 12.1. The maximum atomic E-state index is 13.5. The van der Waals surface area contributed by atoms with Crippen molar-refractivity contribution in [2.24, 2.45) is 5.92 Å². The molecule has 2 aromatic rings. The largest absolute Gasteiger partial charge is 0.496 e. The highest BCUT2D eigenvalue weighted by atomic mass is 16.5. The maximum Gasteiger partial charge on any atom is 0.240 e. The quantitative estimate of drug-likeness (QED) is 0.547. The van der Waals surface area contributed by atoms with Gasteiger partial charge in [-0.1, -0.05) is 48.5 Å². The number of ether oxygens (including phenoxy) is 1. The average molecular weight is 477 g/mol. The van der Waals surface area contributed by atoms with Crippen LogP contribution >= 0.6 is 0 Å². The molecule has 184 valence electrons. The van der Waals surface area contributed by atoms with E-state index in [4.69, 9.17) is 4.74 Å². The number of piperidine rings is 1. The number of benzene rings is 2.